The minimum absolute atomic E-state index is 0.968. The Hall–Kier alpha value is -1.51. The summed E-state index contributed by atoms with van der Waals surface area (Å²) >= 11 is 0. The van der Waals surface area contributed by atoms with Crippen LogP contribution in [0.1, 0.15) is 11.4 Å². The number of rotatable bonds is 0. The second-order valence-electron chi connectivity index (χ2n) is 2.80. The predicted molar refractivity (Wildman–Crippen MR) is 46.8 cm³/mol. The van der Waals surface area contributed by atoms with Gasteiger partial charge in [0.15, 0.2) is 0 Å². The summed E-state index contributed by atoms with van der Waals surface area (Å²) < 4.78 is 0. The topological polar surface area (TPSA) is 38.7 Å². The minimum atomic E-state index is 0.968. The molecule has 2 rings (SSSR count). The first-order valence-corrected chi connectivity index (χ1v) is 3.81. The van der Waals surface area contributed by atoms with Gasteiger partial charge in [-0.3, -0.25) is 4.98 Å². The lowest BCUT2D eigenvalue weighted by Crippen LogP contribution is -1.89. The normalized spacial score (nSPS) is 10.5. The van der Waals surface area contributed by atoms with Gasteiger partial charge in [0.1, 0.15) is 6.33 Å². The molecule has 0 aliphatic rings. The summed E-state index contributed by atoms with van der Waals surface area (Å²) in [4.78, 5) is 12.4. The molecule has 0 radical (unpaired) electrons. The highest BCUT2D eigenvalue weighted by atomic mass is 14.8. The van der Waals surface area contributed by atoms with Crippen LogP contribution >= 0.6 is 0 Å². The zero-order chi connectivity index (χ0) is 8.55. The van der Waals surface area contributed by atoms with Crippen LogP contribution in [-0.4, -0.2) is 15.0 Å². The summed E-state index contributed by atoms with van der Waals surface area (Å²) in [5.74, 6) is 0. The van der Waals surface area contributed by atoms with Crippen molar-refractivity contribution in [3.63, 3.8) is 0 Å². The average molecular weight is 159 g/mol. The molecule has 3 nitrogen and oxygen atoms in total. The van der Waals surface area contributed by atoms with E-state index in [-0.39, 0.29) is 0 Å². The van der Waals surface area contributed by atoms with E-state index in [9.17, 15) is 0 Å². The lowest BCUT2D eigenvalue weighted by Gasteiger charge is -1.99. The van der Waals surface area contributed by atoms with Crippen LogP contribution in [0.2, 0.25) is 0 Å². The largest absolute Gasteiger partial charge is 0.261 e. The lowest BCUT2D eigenvalue weighted by atomic mass is 10.2. The van der Waals surface area contributed by atoms with Gasteiger partial charge in [-0.15, -0.1) is 0 Å². The van der Waals surface area contributed by atoms with Crippen molar-refractivity contribution in [3.8, 4) is 0 Å². The number of aryl methyl sites for hydroxylation is 2. The third kappa shape index (κ3) is 1.03. The first-order valence-electron chi connectivity index (χ1n) is 3.81. The maximum atomic E-state index is 4.19. The number of hydrogen-bond donors (Lipinski definition) is 0. The quantitative estimate of drug-likeness (QED) is 0.586. The van der Waals surface area contributed by atoms with Gasteiger partial charge in [0, 0.05) is 17.3 Å². The summed E-state index contributed by atoms with van der Waals surface area (Å²) in [5, 5.41) is 1.03. The third-order valence-electron chi connectivity index (χ3n) is 1.86. The van der Waals surface area contributed by atoms with Gasteiger partial charge in [0.2, 0.25) is 0 Å². The highest BCUT2D eigenvalue weighted by molar-refractivity contribution is 5.79. The molecule has 0 aliphatic heterocycles. The number of hydrogen-bond acceptors (Lipinski definition) is 3. The molecule has 0 saturated carbocycles. The lowest BCUT2D eigenvalue weighted by molar-refractivity contribution is 1.13. The van der Waals surface area contributed by atoms with Gasteiger partial charge in [-0.05, 0) is 19.9 Å². The second-order valence-corrected chi connectivity index (χ2v) is 2.80. The Balaban J connectivity index is 2.86. The van der Waals surface area contributed by atoms with E-state index in [1.54, 1.807) is 6.33 Å². The molecule has 2 aromatic heterocycles. The summed E-state index contributed by atoms with van der Waals surface area (Å²) in [7, 11) is 0. The van der Waals surface area contributed by atoms with E-state index in [1.807, 2.05) is 26.1 Å². The van der Waals surface area contributed by atoms with Gasteiger partial charge in [0.05, 0.1) is 11.2 Å². The average Bonchev–Trinajstić information content (AvgIpc) is 2.04. The molecular formula is C9H9N3. The summed E-state index contributed by atoms with van der Waals surface area (Å²) in [6.45, 7) is 3.91. The van der Waals surface area contributed by atoms with Crippen molar-refractivity contribution in [2.75, 3.05) is 0 Å². The molecule has 0 fully saturated rings. The highest BCUT2D eigenvalue weighted by Gasteiger charge is 1.98. The van der Waals surface area contributed by atoms with Crippen molar-refractivity contribution < 1.29 is 0 Å². The minimum Gasteiger partial charge on any atom is -0.261 e. The number of fused-ring (bicyclic) bond motifs is 1. The van der Waals surface area contributed by atoms with Crippen molar-refractivity contribution in [3.05, 3.63) is 30.0 Å². The Morgan fingerprint density at radius 2 is 1.92 bits per heavy atom. The molecule has 0 unspecified atom stereocenters. The van der Waals surface area contributed by atoms with E-state index in [4.69, 9.17) is 0 Å². The van der Waals surface area contributed by atoms with Gasteiger partial charge in [-0.2, -0.15) is 0 Å². The Morgan fingerprint density at radius 3 is 2.75 bits per heavy atom. The van der Waals surface area contributed by atoms with E-state index >= 15 is 0 Å². The fourth-order valence-electron chi connectivity index (χ4n) is 1.18. The fourth-order valence-corrected chi connectivity index (χ4v) is 1.18. The zero-order valence-electron chi connectivity index (χ0n) is 7.07. The molecule has 0 saturated heterocycles. The summed E-state index contributed by atoms with van der Waals surface area (Å²) in [6.07, 6.45) is 3.40. The van der Waals surface area contributed by atoms with E-state index in [0.29, 0.717) is 0 Å². The first-order chi connectivity index (χ1) is 5.77. The standard InChI is InChI=1S/C9H9N3/c1-6-3-9-8(4-10-6)7(2)11-5-12-9/h3-5H,1-2H3. The Morgan fingerprint density at radius 1 is 1.08 bits per heavy atom. The first kappa shape index (κ1) is 7.16. The second kappa shape index (κ2) is 2.52. The van der Waals surface area contributed by atoms with E-state index < -0.39 is 0 Å². The van der Waals surface area contributed by atoms with Gasteiger partial charge in [-0.1, -0.05) is 0 Å². The number of aromatic nitrogens is 3. The zero-order valence-corrected chi connectivity index (χ0v) is 7.07. The van der Waals surface area contributed by atoms with Crippen LogP contribution in [0.4, 0.5) is 0 Å². The Bertz CT molecular complexity index is 423. The molecular weight excluding hydrogens is 150 g/mol. The molecule has 3 heteroatoms. The SMILES string of the molecule is Cc1cc2ncnc(C)c2cn1. The molecule has 0 atom stereocenters. The Labute approximate surface area is 70.5 Å². The summed E-state index contributed by atoms with van der Waals surface area (Å²) in [5.41, 5.74) is 2.93. The smallest absolute Gasteiger partial charge is 0.116 e. The molecule has 2 aromatic rings. The maximum Gasteiger partial charge on any atom is 0.116 e. The van der Waals surface area contributed by atoms with Crippen molar-refractivity contribution in [1.82, 2.24) is 15.0 Å². The van der Waals surface area contributed by atoms with E-state index in [0.717, 1.165) is 22.3 Å². The van der Waals surface area contributed by atoms with Crippen molar-refractivity contribution >= 4 is 10.9 Å². The van der Waals surface area contributed by atoms with Crippen LogP contribution in [0, 0.1) is 13.8 Å². The molecule has 0 aromatic carbocycles. The van der Waals surface area contributed by atoms with Gasteiger partial charge in [-0.25, -0.2) is 9.97 Å². The van der Waals surface area contributed by atoms with E-state index in [2.05, 4.69) is 15.0 Å². The van der Waals surface area contributed by atoms with Crippen LogP contribution < -0.4 is 0 Å². The van der Waals surface area contributed by atoms with Crippen LogP contribution in [0.5, 0.6) is 0 Å². The third-order valence-corrected chi connectivity index (χ3v) is 1.86. The molecule has 0 bridgehead atoms. The van der Waals surface area contributed by atoms with Crippen molar-refractivity contribution in [2.24, 2.45) is 0 Å². The van der Waals surface area contributed by atoms with Crippen LogP contribution in [0.15, 0.2) is 18.6 Å². The van der Waals surface area contributed by atoms with Crippen molar-refractivity contribution in [1.29, 1.82) is 0 Å². The molecule has 2 heterocycles. The van der Waals surface area contributed by atoms with Gasteiger partial charge >= 0.3 is 0 Å². The molecule has 0 N–H and O–H groups in total. The van der Waals surface area contributed by atoms with Crippen molar-refractivity contribution in [2.45, 2.75) is 13.8 Å². The van der Waals surface area contributed by atoms with Gasteiger partial charge < -0.3 is 0 Å². The molecule has 12 heavy (non-hydrogen) atoms. The molecule has 0 aliphatic carbocycles. The molecule has 60 valence electrons. The molecule has 0 amide bonds. The fraction of sp³-hybridized carbons (Fsp3) is 0.222. The van der Waals surface area contributed by atoms with Crippen LogP contribution in [0.25, 0.3) is 10.9 Å². The number of pyridine rings is 1. The number of nitrogens with zero attached hydrogens (tertiary/aromatic N) is 3. The maximum absolute atomic E-state index is 4.19. The van der Waals surface area contributed by atoms with E-state index in [1.165, 1.54) is 0 Å². The monoisotopic (exact) mass is 159 g/mol. The van der Waals surface area contributed by atoms with Crippen LogP contribution in [0.3, 0.4) is 0 Å². The van der Waals surface area contributed by atoms with Crippen LogP contribution in [-0.2, 0) is 0 Å². The van der Waals surface area contributed by atoms with Gasteiger partial charge in [0.25, 0.3) is 0 Å². The predicted octanol–water partition coefficient (Wildman–Crippen LogP) is 1.64. The highest BCUT2D eigenvalue weighted by Crippen LogP contribution is 2.12. The molecule has 0 spiro atoms. The summed E-state index contributed by atoms with van der Waals surface area (Å²) in [6, 6.07) is 1.96. The Kier molecular flexibility index (Phi) is 1.50.